The van der Waals surface area contributed by atoms with Gasteiger partial charge in [0.2, 0.25) is 0 Å². The molecule has 0 saturated heterocycles. The summed E-state index contributed by atoms with van der Waals surface area (Å²) < 4.78 is 43.0. The molecule has 0 aliphatic heterocycles. The number of thiazole rings is 1. The van der Waals surface area contributed by atoms with Crippen molar-refractivity contribution in [3.63, 3.8) is 0 Å². The van der Waals surface area contributed by atoms with Gasteiger partial charge in [0.25, 0.3) is 0 Å². The topological polar surface area (TPSA) is 27.1 Å². The summed E-state index contributed by atoms with van der Waals surface area (Å²) in [7, 11) is 0. The van der Waals surface area contributed by atoms with Crippen molar-refractivity contribution in [1.82, 2.24) is 9.55 Å². The Labute approximate surface area is 167 Å². The fourth-order valence-corrected chi connectivity index (χ4v) is 4.76. The zero-order valence-corrected chi connectivity index (χ0v) is 16.6. The largest absolute Gasteiger partial charge is 0.573 e. The van der Waals surface area contributed by atoms with Gasteiger partial charge in [0.15, 0.2) is 0 Å². The average Bonchev–Trinajstić information content (AvgIpc) is 3.35. The molecule has 0 amide bonds. The lowest BCUT2D eigenvalue weighted by molar-refractivity contribution is -0.274. The Balaban J connectivity index is 1.66. The summed E-state index contributed by atoms with van der Waals surface area (Å²) in [6, 6.07) is 12.0. The van der Waals surface area contributed by atoms with Gasteiger partial charge in [-0.2, -0.15) is 0 Å². The highest BCUT2D eigenvalue weighted by Crippen LogP contribution is 2.35. The molecule has 0 bridgehead atoms. The number of ether oxygens (including phenoxy) is 1. The SMILES string of the molecule is Cc1cc(-c2csc(-c3cccs3)n2)c(C)n1-c1ccc(OC(F)(F)F)cc1. The van der Waals surface area contributed by atoms with Crippen LogP contribution in [0, 0.1) is 13.8 Å². The molecule has 144 valence electrons. The van der Waals surface area contributed by atoms with Crippen LogP contribution in [0.4, 0.5) is 13.2 Å². The van der Waals surface area contributed by atoms with Crippen LogP contribution in [-0.4, -0.2) is 15.9 Å². The Morgan fingerprint density at radius 2 is 1.79 bits per heavy atom. The summed E-state index contributed by atoms with van der Waals surface area (Å²) in [6.45, 7) is 3.94. The van der Waals surface area contributed by atoms with E-state index in [1.165, 1.54) is 12.1 Å². The minimum atomic E-state index is -4.70. The number of aromatic nitrogens is 2. The zero-order valence-electron chi connectivity index (χ0n) is 14.9. The van der Waals surface area contributed by atoms with Crippen molar-refractivity contribution in [2.45, 2.75) is 20.2 Å². The van der Waals surface area contributed by atoms with Crippen LogP contribution < -0.4 is 4.74 Å². The van der Waals surface area contributed by atoms with Gasteiger partial charge in [-0.1, -0.05) is 6.07 Å². The van der Waals surface area contributed by atoms with Crippen molar-refractivity contribution in [2.75, 3.05) is 0 Å². The smallest absolute Gasteiger partial charge is 0.406 e. The lowest BCUT2D eigenvalue weighted by Crippen LogP contribution is -2.17. The highest BCUT2D eigenvalue weighted by molar-refractivity contribution is 7.20. The van der Waals surface area contributed by atoms with Crippen LogP contribution in [0.15, 0.2) is 53.2 Å². The summed E-state index contributed by atoms with van der Waals surface area (Å²) in [5, 5.41) is 5.03. The first-order chi connectivity index (χ1) is 13.3. The van der Waals surface area contributed by atoms with Crippen LogP contribution in [-0.2, 0) is 0 Å². The van der Waals surface area contributed by atoms with Crippen LogP contribution in [0.25, 0.3) is 26.8 Å². The lowest BCUT2D eigenvalue weighted by Gasteiger charge is -2.12. The molecule has 0 aliphatic rings. The van der Waals surface area contributed by atoms with E-state index in [0.717, 1.165) is 38.2 Å². The molecule has 0 aliphatic carbocycles. The number of thiophene rings is 1. The van der Waals surface area contributed by atoms with Crippen LogP contribution in [0.3, 0.4) is 0 Å². The van der Waals surface area contributed by atoms with E-state index in [2.05, 4.69) is 4.74 Å². The van der Waals surface area contributed by atoms with Gasteiger partial charge in [0.1, 0.15) is 10.8 Å². The third-order valence-electron chi connectivity index (χ3n) is 4.27. The van der Waals surface area contributed by atoms with Gasteiger partial charge in [-0.05, 0) is 55.6 Å². The number of halogens is 3. The van der Waals surface area contributed by atoms with E-state index in [-0.39, 0.29) is 5.75 Å². The third-order valence-corrected chi connectivity index (χ3v) is 6.15. The van der Waals surface area contributed by atoms with Crippen molar-refractivity contribution >= 4 is 22.7 Å². The van der Waals surface area contributed by atoms with E-state index in [9.17, 15) is 13.2 Å². The maximum Gasteiger partial charge on any atom is 0.573 e. The molecule has 0 spiro atoms. The molecule has 3 nitrogen and oxygen atoms in total. The molecular formula is C20H15F3N2OS2. The standard InChI is InChI=1S/C20H15F3N2OS2/c1-12-10-16(17-11-28-19(24-17)18-4-3-9-27-18)13(2)25(12)14-5-7-15(8-6-14)26-20(21,22)23/h3-11H,1-2H3. The van der Waals surface area contributed by atoms with Gasteiger partial charge in [-0.15, -0.1) is 35.8 Å². The van der Waals surface area contributed by atoms with Crippen LogP contribution in [0.2, 0.25) is 0 Å². The van der Waals surface area contributed by atoms with E-state index in [0.29, 0.717) is 0 Å². The fraction of sp³-hybridized carbons (Fsp3) is 0.150. The first-order valence-corrected chi connectivity index (χ1v) is 10.1. The maximum absolute atomic E-state index is 12.4. The third kappa shape index (κ3) is 3.70. The molecule has 3 aromatic heterocycles. The normalized spacial score (nSPS) is 11.8. The summed E-state index contributed by atoms with van der Waals surface area (Å²) >= 11 is 3.25. The lowest BCUT2D eigenvalue weighted by atomic mass is 10.2. The fourth-order valence-electron chi connectivity index (χ4n) is 3.13. The first-order valence-electron chi connectivity index (χ1n) is 8.37. The second-order valence-corrected chi connectivity index (χ2v) is 7.98. The Morgan fingerprint density at radius 3 is 2.43 bits per heavy atom. The molecule has 3 heterocycles. The Bertz CT molecular complexity index is 1090. The van der Waals surface area contributed by atoms with E-state index in [4.69, 9.17) is 4.98 Å². The molecule has 8 heteroatoms. The van der Waals surface area contributed by atoms with Crippen LogP contribution >= 0.6 is 22.7 Å². The van der Waals surface area contributed by atoms with Crippen LogP contribution in [0.1, 0.15) is 11.4 Å². The number of alkyl halides is 3. The predicted octanol–water partition coefficient (Wildman–Crippen LogP) is 6.84. The Kier molecular flexibility index (Phi) is 4.76. The summed E-state index contributed by atoms with van der Waals surface area (Å²) in [6.07, 6.45) is -4.70. The number of hydrogen-bond acceptors (Lipinski definition) is 4. The van der Waals surface area contributed by atoms with Gasteiger partial charge in [-0.25, -0.2) is 4.98 Å². The molecule has 0 saturated carbocycles. The van der Waals surface area contributed by atoms with Gasteiger partial charge in [0, 0.05) is 28.0 Å². The summed E-state index contributed by atoms with van der Waals surface area (Å²) in [4.78, 5) is 5.89. The van der Waals surface area contributed by atoms with Crippen LogP contribution in [0.5, 0.6) is 5.75 Å². The maximum atomic E-state index is 12.4. The van der Waals surface area contributed by atoms with Crippen molar-refractivity contribution in [3.05, 3.63) is 64.6 Å². The number of hydrogen-bond donors (Lipinski definition) is 0. The van der Waals surface area contributed by atoms with Crippen molar-refractivity contribution < 1.29 is 17.9 Å². The van der Waals surface area contributed by atoms with Crippen molar-refractivity contribution in [2.24, 2.45) is 0 Å². The summed E-state index contributed by atoms with van der Waals surface area (Å²) in [5.41, 5.74) is 4.62. The van der Waals surface area contributed by atoms with E-state index >= 15 is 0 Å². The Hall–Kier alpha value is -2.58. The molecule has 0 unspecified atom stereocenters. The number of nitrogens with zero attached hydrogens (tertiary/aromatic N) is 2. The predicted molar refractivity (Wildman–Crippen MR) is 106 cm³/mol. The van der Waals surface area contributed by atoms with Gasteiger partial charge in [-0.3, -0.25) is 0 Å². The number of rotatable bonds is 4. The van der Waals surface area contributed by atoms with E-state index in [1.54, 1.807) is 34.8 Å². The van der Waals surface area contributed by atoms with Gasteiger partial charge in [0.05, 0.1) is 10.6 Å². The minimum absolute atomic E-state index is 0.237. The second-order valence-electron chi connectivity index (χ2n) is 6.18. The first kappa shape index (κ1) is 18.8. The quantitative estimate of drug-likeness (QED) is 0.361. The molecule has 1 aromatic carbocycles. The Morgan fingerprint density at radius 1 is 1.04 bits per heavy atom. The average molecular weight is 420 g/mol. The molecule has 4 aromatic rings. The number of aryl methyl sites for hydroxylation is 1. The number of benzene rings is 1. The molecule has 0 fully saturated rings. The summed E-state index contributed by atoms with van der Waals surface area (Å²) in [5.74, 6) is -0.237. The molecular weight excluding hydrogens is 405 g/mol. The second kappa shape index (κ2) is 7.10. The van der Waals surface area contributed by atoms with Gasteiger partial charge >= 0.3 is 6.36 Å². The molecule has 0 atom stereocenters. The van der Waals surface area contributed by atoms with Crippen molar-refractivity contribution in [3.8, 4) is 32.6 Å². The molecule has 0 radical (unpaired) electrons. The highest BCUT2D eigenvalue weighted by atomic mass is 32.1. The monoisotopic (exact) mass is 420 g/mol. The van der Waals surface area contributed by atoms with E-state index < -0.39 is 6.36 Å². The van der Waals surface area contributed by atoms with E-state index in [1.807, 2.05) is 47.4 Å². The van der Waals surface area contributed by atoms with Gasteiger partial charge < -0.3 is 9.30 Å². The molecule has 28 heavy (non-hydrogen) atoms. The zero-order chi connectivity index (χ0) is 19.9. The molecule has 4 rings (SSSR count). The van der Waals surface area contributed by atoms with Crippen molar-refractivity contribution in [1.29, 1.82) is 0 Å². The highest BCUT2D eigenvalue weighted by Gasteiger charge is 2.31. The molecule has 0 N–H and O–H groups in total. The minimum Gasteiger partial charge on any atom is -0.406 e.